The smallest absolute Gasteiger partial charge is 0.245 e. The Morgan fingerprint density at radius 1 is 1.00 bits per heavy atom. The number of carbonyl (C=O) groups is 2. The number of unbranched alkanes of at least 4 members (excludes halogenated alkanes) is 4. The maximum Gasteiger partial charge on any atom is 0.245 e. The predicted octanol–water partition coefficient (Wildman–Crippen LogP) is 2.86. The first-order chi connectivity index (χ1) is 9.65. The molecule has 2 atom stereocenters. The summed E-state index contributed by atoms with van der Waals surface area (Å²) in [6.07, 6.45) is 8.21. The average molecular weight is 282 g/mol. The van der Waals surface area contributed by atoms with E-state index in [-0.39, 0.29) is 23.9 Å². The third-order valence-corrected chi connectivity index (χ3v) is 4.04. The fourth-order valence-corrected chi connectivity index (χ4v) is 2.87. The summed E-state index contributed by atoms with van der Waals surface area (Å²) in [4.78, 5) is 26.4. The fourth-order valence-electron chi connectivity index (χ4n) is 2.87. The lowest BCUT2D eigenvalue weighted by Crippen LogP contribution is -2.63. The number of hydrogen-bond acceptors (Lipinski definition) is 2. The molecular formula is C16H30N2O2. The van der Waals surface area contributed by atoms with Gasteiger partial charge in [0.25, 0.3) is 0 Å². The van der Waals surface area contributed by atoms with Gasteiger partial charge in [-0.2, -0.15) is 0 Å². The van der Waals surface area contributed by atoms with Crippen molar-refractivity contribution in [1.82, 2.24) is 10.2 Å². The molecule has 0 spiro atoms. The van der Waals surface area contributed by atoms with E-state index in [9.17, 15) is 9.59 Å². The molecule has 0 radical (unpaired) electrons. The Labute approximate surface area is 123 Å². The molecule has 1 N–H and O–H groups in total. The SMILES string of the molecule is CCCCCCCN1C(=O)C(CCC)NC(=O)C1CC. The van der Waals surface area contributed by atoms with Crippen LogP contribution in [0.5, 0.6) is 0 Å². The van der Waals surface area contributed by atoms with Gasteiger partial charge < -0.3 is 10.2 Å². The summed E-state index contributed by atoms with van der Waals surface area (Å²) < 4.78 is 0. The van der Waals surface area contributed by atoms with Crippen LogP contribution in [0.4, 0.5) is 0 Å². The van der Waals surface area contributed by atoms with Crippen molar-refractivity contribution in [3.63, 3.8) is 0 Å². The molecule has 1 aliphatic rings. The number of hydrogen-bond donors (Lipinski definition) is 1. The molecule has 1 rings (SSSR count). The summed E-state index contributed by atoms with van der Waals surface area (Å²) in [6, 6.07) is -0.562. The normalized spacial score (nSPS) is 23.1. The number of amides is 2. The zero-order valence-electron chi connectivity index (χ0n) is 13.3. The third kappa shape index (κ3) is 4.50. The number of piperazine rings is 1. The molecule has 0 bridgehead atoms. The van der Waals surface area contributed by atoms with Crippen LogP contribution >= 0.6 is 0 Å². The molecular weight excluding hydrogens is 252 g/mol. The quantitative estimate of drug-likeness (QED) is 0.661. The lowest BCUT2D eigenvalue weighted by atomic mass is 10.0. The largest absolute Gasteiger partial charge is 0.343 e. The molecule has 2 amide bonds. The first-order valence-corrected chi connectivity index (χ1v) is 8.26. The Morgan fingerprint density at radius 2 is 1.70 bits per heavy atom. The summed E-state index contributed by atoms with van der Waals surface area (Å²) in [5.74, 6) is 0.146. The number of carbonyl (C=O) groups excluding carboxylic acids is 2. The molecule has 1 heterocycles. The van der Waals surface area contributed by atoms with Crippen LogP contribution < -0.4 is 5.32 Å². The lowest BCUT2D eigenvalue weighted by molar-refractivity contribution is -0.149. The van der Waals surface area contributed by atoms with Crippen molar-refractivity contribution >= 4 is 11.8 Å². The van der Waals surface area contributed by atoms with E-state index in [2.05, 4.69) is 12.2 Å². The molecule has 0 saturated carbocycles. The van der Waals surface area contributed by atoms with E-state index < -0.39 is 0 Å². The minimum atomic E-state index is -0.300. The highest BCUT2D eigenvalue weighted by Crippen LogP contribution is 2.17. The van der Waals surface area contributed by atoms with Crippen molar-refractivity contribution in [2.75, 3.05) is 6.54 Å². The highest BCUT2D eigenvalue weighted by atomic mass is 16.2. The first kappa shape index (κ1) is 17.0. The monoisotopic (exact) mass is 282 g/mol. The van der Waals surface area contributed by atoms with Crippen LogP contribution in [-0.2, 0) is 9.59 Å². The molecule has 2 unspecified atom stereocenters. The summed E-state index contributed by atoms with van der Waals surface area (Å²) >= 11 is 0. The van der Waals surface area contributed by atoms with Gasteiger partial charge in [0.1, 0.15) is 12.1 Å². The molecule has 0 aromatic carbocycles. The van der Waals surface area contributed by atoms with Crippen molar-refractivity contribution in [1.29, 1.82) is 0 Å². The Morgan fingerprint density at radius 3 is 2.30 bits per heavy atom. The topological polar surface area (TPSA) is 49.4 Å². The molecule has 0 aromatic rings. The van der Waals surface area contributed by atoms with Gasteiger partial charge in [0.2, 0.25) is 11.8 Å². The van der Waals surface area contributed by atoms with Crippen molar-refractivity contribution in [2.45, 2.75) is 84.2 Å². The van der Waals surface area contributed by atoms with Crippen LogP contribution in [0.1, 0.15) is 72.1 Å². The molecule has 1 aliphatic heterocycles. The zero-order valence-corrected chi connectivity index (χ0v) is 13.3. The van der Waals surface area contributed by atoms with E-state index in [0.29, 0.717) is 6.42 Å². The van der Waals surface area contributed by atoms with Gasteiger partial charge in [-0.3, -0.25) is 9.59 Å². The molecule has 20 heavy (non-hydrogen) atoms. The van der Waals surface area contributed by atoms with Crippen LogP contribution in [0, 0.1) is 0 Å². The molecule has 0 aliphatic carbocycles. The summed E-state index contributed by atoms with van der Waals surface area (Å²) in [6.45, 7) is 6.94. The molecule has 1 saturated heterocycles. The Balaban J connectivity index is 2.56. The molecule has 4 heteroatoms. The average Bonchev–Trinajstić information content (AvgIpc) is 2.43. The van der Waals surface area contributed by atoms with Crippen molar-refractivity contribution in [2.24, 2.45) is 0 Å². The van der Waals surface area contributed by atoms with Gasteiger partial charge in [0, 0.05) is 6.54 Å². The second kappa shape index (κ2) is 8.98. The van der Waals surface area contributed by atoms with Crippen LogP contribution in [0.2, 0.25) is 0 Å². The van der Waals surface area contributed by atoms with Crippen LogP contribution in [0.25, 0.3) is 0 Å². The van der Waals surface area contributed by atoms with E-state index in [1.54, 1.807) is 0 Å². The number of nitrogens with one attached hydrogen (secondary N) is 1. The van der Waals surface area contributed by atoms with Crippen molar-refractivity contribution < 1.29 is 9.59 Å². The maximum absolute atomic E-state index is 12.5. The molecule has 0 aromatic heterocycles. The van der Waals surface area contributed by atoms with E-state index >= 15 is 0 Å². The van der Waals surface area contributed by atoms with E-state index in [1.165, 1.54) is 19.3 Å². The van der Waals surface area contributed by atoms with Gasteiger partial charge in [0.15, 0.2) is 0 Å². The van der Waals surface area contributed by atoms with E-state index in [4.69, 9.17) is 0 Å². The maximum atomic E-state index is 12.5. The van der Waals surface area contributed by atoms with Crippen LogP contribution in [0.3, 0.4) is 0 Å². The molecule has 1 fully saturated rings. The standard InChI is InChI=1S/C16H30N2O2/c1-4-7-8-9-10-12-18-14(6-3)15(19)17-13(11-5-2)16(18)20/h13-14H,4-12H2,1-3H3,(H,17,19). The van der Waals surface area contributed by atoms with Gasteiger partial charge in [-0.15, -0.1) is 0 Å². The Kier molecular flexibility index (Phi) is 7.63. The van der Waals surface area contributed by atoms with Gasteiger partial charge in [-0.05, 0) is 19.3 Å². The van der Waals surface area contributed by atoms with Crippen molar-refractivity contribution in [3.05, 3.63) is 0 Å². The van der Waals surface area contributed by atoms with Gasteiger partial charge in [0.05, 0.1) is 0 Å². The second-order valence-corrected chi connectivity index (χ2v) is 5.72. The number of nitrogens with zero attached hydrogens (tertiary/aromatic N) is 1. The predicted molar refractivity (Wildman–Crippen MR) is 81.4 cm³/mol. The van der Waals surface area contributed by atoms with Crippen LogP contribution in [-0.4, -0.2) is 35.3 Å². The van der Waals surface area contributed by atoms with E-state index in [1.807, 2.05) is 18.7 Å². The Bertz CT molecular complexity index is 318. The van der Waals surface area contributed by atoms with E-state index in [0.717, 1.165) is 32.2 Å². The number of rotatable bonds is 9. The summed E-state index contributed by atoms with van der Waals surface area (Å²) in [5.41, 5.74) is 0. The van der Waals surface area contributed by atoms with Crippen LogP contribution in [0.15, 0.2) is 0 Å². The molecule has 116 valence electrons. The fraction of sp³-hybridized carbons (Fsp3) is 0.875. The summed E-state index contributed by atoms with van der Waals surface area (Å²) in [7, 11) is 0. The third-order valence-electron chi connectivity index (χ3n) is 4.04. The minimum Gasteiger partial charge on any atom is -0.343 e. The zero-order chi connectivity index (χ0) is 15.0. The minimum absolute atomic E-state index is 0.0270. The van der Waals surface area contributed by atoms with Gasteiger partial charge in [-0.1, -0.05) is 52.9 Å². The van der Waals surface area contributed by atoms with Gasteiger partial charge in [-0.25, -0.2) is 0 Å². The highest BCUT2D eigenvalue weighted by Gasteiger charge is 2.38. The van der Waals surface area contributed by atoms with Gasteiger partial charge >= 0.3 is 0 Å². The first-order valence-electron chi connectivity index (χ1n) is 8.26. The molecule has 4 nitrogen and oxygen atoms in total. The Hall–Kier alpha value is -1.06. The highest BCUT2D eigenvalue weighted by molar-refractivity contribution is 5.96. The second-order valence-electron chi connectivity index (χ2n) is 5.72. The lowest BCUT2D eigenvalue weighted by Gasteiger charge is -2.38. The summed E-state index contributed by atoms with van der Waals surface area (Å²) in [5, 5.41) is 2.88. The van der Waals surface area contributed by atoms with Crippen molar-refractivity contribution in [3.8, 4) is 0 Å².